The first-order valence-electron chi connectivity index (χ1n) is 8.90. The third kappa shape index (κ3) is 4.15. The lowest BCUT2D eigenvalue weighted by atomic mass is 10.2. The number of hydrogen-bond acceptors (Lipinski definition) is 5. The molecule has 0 spiro atoms. The highest BCUT2D eigenvalue weighted by atomic mass is 16.5. The van der Waals surface area contributed by atoms with Gasteiger partial charge in [0.1, 0.15) is 11.9 Å². The van der Waals surface area contributed by atoms with Gasteiger partial charge in [-0.3, -0.25) is 14.6 Å². The summed E-state index contributed by atoms with van der Waals surface area (Å²) in [5.74, 6) is 1.01. The van der Waals surface area contributed by atoms with Gasteiger partial charge >= 0.3 is 0 Å². The van der Waals surface area contributed by atoms with Crippen LogP contribution in [-0.2, 0) is 9.53 Å². The molecule has 0 unspecified atom stereocenters. The summed E-state index contributed by atoms with van der Waals surface area (Å²) in [5.41, 5.74) is 1.01. The number of imidazole rings is 1. The second kappa shape index (κ2) is 7.63. The molecule has 134 valence electrons. The van der Waals surface area contributed by atoms with Crippen molar-refractivity contribution in [3.63, 3.8) is 0 Å². The second-order valence-electron chi connectivity index (χ2n) is 7.06. The molecule has 3 rings (SSSR count). The quantitative estimate of drug-likeness (QED) is 0.875. The number of aromatic nitrogens is 2. The maximum absolute atomic E-state index is 12.6. The summed E-state index contributed by atoms with van der Waals surface area (Å²) < 4.78 is 5.78. The number of carbonyl (C=O) groups excluding carboxylic acids is 1. The maximum Gasteiger partial charge on any atom is 0.236 e. The first-order chi connectivity index (χ1) is 11.5. The lowest BCUT2D eigenvalue weighted by Crippen LogP contribution is -2.53. The Balaban J connectivity index is 1.50. The van der Waals surface area contributed by atoms with Gasteiger partial charge in [-0.25, -0.2) is 4.98 Å². The topological polar surface area (TPSA) is 64.7 Å². The molecule has 1 atom stereocenters. The Hall–Kier alpha value is -1.44. The molecule has 3 heterocycles. The van der Waals surface area contributed by atoms with E-state index in [-0.39, 0.29) is 12.0 Å². The van der Waals surface area contributed by atoms with Crippen LogP contribution in [0.4, 0.5) is 0 Å². The highest BCUT2D eigenvalue weighted by molar-refractivity contribution is 5.78. The van der Waals surface area contributed by atoms with Gasteiger partial charge in [-0.1, -0.05) is 0 Å². The zero-order valence-electron chi connectivity index (χ0n) is 15.0. The number of aromatic amines is 1. The van der Waals surface area contributed by atoms with E-state index in [2.05, 4.69) is 33.6 Å². The third-order valence-electron chi connectivity index (χ3n) is 4.94. The Morgan fingerprint density at radius 1 is 1.33 bits per heavy atom. The van der Waals surface area contributed by atoms with Crippen LogP contribution < -0.4 is 0 Å². The number of amides is 1. The number of piperazine rings is 1. The number of aryl methyl sites for hydroxylation is 1. The van der Waals surface area contributed by atoms with E-state index in [1.807, 2.05) is 11.8 Å². The molecule has 0 bridgehead atoms. The fraction of sp³-hybridized carbons (Fsp3) is 0.765. The van der Waals surface area contributed by atoms with Crippen LogP contribution in [-0.4, -0.2) is 89.0 Å². The fourth-order valence-corrected chi connectivity index (χ4v) is 3.37. The summed E-state index contributed by atoms with van der Waals surface area (Å²) in [4.78, 5) is 26.8. The molecule has 0 aliphatic carbocycles. The fourth-order valence-electron chi connectivity index (χ4n) is 3.37. The minimum atomic E-state index is -0.144. The van der Waals surface area contributed by atoms with Gasteiger partial charge < -0.3 is 14.6 Å². The van der Waals surface area contributed by atoms with Crippen molar-refractivity contribution in [1.29, 1.82) is 0 Å². The van der Waals surface area contributed by atoms with E-state index in [9.17, 15) is 4.79 Å². The Morgan fingerprint density at radius 3 is 2.71 bits per heavy atom. The largest absolute Gasteiger partial charge is 0.367 e. The molecule has 1 aromatic heterocycles. The first kappa shape index (κ1) is 17.4. The molecule has 2 fully saturated rings. The van der Waals surface area contributed by atoms with Gasteiger partial charge in [-0.05, 0) is 20.8 Å². The van der Waals surface area contributed by atoms with Crippen LogP contribution >= 0.6 is 0 Å². The van der Waals surface area contributed by atoms with Crippen molar-refractivity contribution in [2.45, 2.75) is 32.9 Å². The molecule has 1 aromatic rings. The van der Waals surface area contributed by atoms with Gasteiger partial charge in [0.15, 0.2) is 0 Å². The van der Waals surface area contributed by atoms with Crippen molar-refractivity contribution in [2.75, 3.05) is 52.4 Å². The summed E-state index contributed by atoms with van der Waals surface area (Å²) in [6, 6.07) is 0.583. The van der Waals surface area contributed by atoms with Crippen LogP contribution in [0, 0.1) is 6.92 Å². The molecule has 0 aromatic carbocycles. The maximum atomic E-state index is 12.6. The minimum Gasteiger partial charge on any atom is -0.367 e. The summed E-state index contributed by atoms with van der Waals surface area (Å²) in [5, 5.41) is 0. The Bertz CT molecular complexity index is 551. The molecule has 24 heavy (non-hydrogen) atoms. The molecule has 0 saturated carbocycles. The Labute approximate surface area is 144 Å². The summed E-state index contributed by atoms with van der Waals surface area (Å²) in [6.45, 7) is 12.8. The number of ether oxygens (including phenoxy) is 1. The van der Waals surface area contributed by atoms with Gasteiger partial charge in [0.25, 0.3) is 0 Å². The van der Waals surface area contributed by atoms with E-state index in [1.54, 1.807) is 6.20 Å². The van der Waals surface area contributed by atoms with Crippen molar-refractivity contribution < 1.29 is 9.53 Å². The lowest BCUT2D eigenvalue weighted by molar-refractivity contribution is -0.141. The molecular weight excluding hydrogens is 306 g/mol. The van der Waals surface area contributed by atoms with Crippen LogP contribution in [0.3, 0.4) is 0 Å². The number of H-pyrrole nitrogens is 1. The van der Waals surface area contributed by atoms with Crippen molar-refractivity contribution >= 4 is 5.91 Å². The van der Waals surface area contributed by atoms with Gasteiger partial charge in [0.2, 0.25) is 5.91 Å². The second-order valence-corrected chi connectivity index (χ2v) is 7.06. The van der Waals surface area contributed by atoms with E-state index in [0.29, 0.717) is 32.3 Å². The molecule has 2 aliphatic heterocycles. The van der Waals surface area contributed by atoms with Crippen molar-refractivity contribution in [2.24, 2.45) is 0 Å². The van der Waals surface area contributed by atoms with Crippen LogP contribution in [0.1, 0.15) is 31.5 Å². The van der Waals surface area contributed by atoms with E-state index in [4.69, 9.17) is 4.74 Å². The number of nitrogens with one attached hydrogen (secondary N) is 1. The molecular formula is C17H29N5O2. The molecule has 0 radical (unpaired) electrons. The third-order valence-corrected chi connectivity index (χ3v) is 4.94. The predicted octanol–water partition coefficient (Wildman–Crippen LogP) is 0.644. The highest BCUT2D eigenvalue weighted by Gasteiger charge is 2.29. The van der Waals surface area contributed by atoms with E-state index in [0.717, 1.165) is 37.7 Å². The smallest absolute Gasteiger partial charge is 0.236 e. The van der Waals surface area contributed by atoms with Crippen LogP contribution in [0.25, 0.3) is 0 Å². The summed E-state index contributed by atoms with van der Waals surface area (Å²) in [7, 11) is 0. The number of morpholine rings is 1. The SMILES string of the molecule is Cc1cnc([C@@H]2CN(C(=O)CN3CCN(C(C)C)CC3)CCO2)[nH]1. The average molecular weight is 335 g/mol. The van der Waals surface area contributed by atoms with Gasteiger partial charge in [-0.15, -0.1) is 0 Å². The number of hydrogen-bond donors (Lipinski definition) is 1. The summed E-state index contributed by atoms with van der Waals surface area (Å²) in [6.07, 6.45) is 1.66. The standard InChI is InChI=1S/C17H29N5O2/c1-13(2)21-6-4-20(5-7-21)12-16(23)22-8-9-24-15(11-22)17-18-10-14(3)19-17/h10,13,15H,4-9,11-12H2,1-3H3,(H,18,19)/t15-/m0/s1. The first-order valence-corrected chi connectivity index (χ1v) is 8.90. The molecule has 2 saturated heterocycles. The van der Waals surface area contributed by atoms with Crippen LogP contribution in [0.5, 0.6) is 0 Å². The van der Waals surface area contributed by atoms with Crippen LogP contribution in [0.2, 0.25) is 0 Å². The Kier molecular flexibility index (Phi) is 5.53. The normalized spacial score (nSPS) is 23.8. The molecule has 7 nitrogen and oxygen atoms in total. The molecule has 2 aliphatic rings. The monoisotopic (exact) mass is 335 g/mol. The number of nitrogens with zero attached hydrogens (tertiary/aromatic N) is 4. The van der Waals surface area contributed by atoms with E-state index in [1.165, 1.54) is 0 Å². The van der Waals surface area contributed by atoms with E-state index < -0.39 is 0 Å². The van der Waals surface area contributed by atoms with Gasteiger partial charge in [0, 0.05) is 50.7 Å². The lowest BCUT2D eigenvalue weighted by Gasteiger charge is -2.38. The minimum absolute atomic E-state index is 0.144. The predicted molar refractivity (Wildman–Crippen MR) is 91.7 cm³/mol. The summed E-state index contributed by atoms with van der Waals surface area (Å²) >= 11 is 0. The number of carbonyl (C=O) groups is 1. The van der Waals surface area contributed by atoms with Gasteiger partial charge in [-0.2, -0.15) is 0 Å². The molecule has 1 amide bonds. The highest BCUT2D eigenvalue weighted by Crippen LogP contribution is 2.20. The average Bonchev–Trinajstić information content (AvgIpc) is 3.02. The van der Waals surface area contributed by atoms with Gasteiger partial charge in [0.05, 0.1) is 19.7 Å². The van der Waals surface area contributed by atoms with Crippen molar-refractivity contribution in [3.05, 3.63) is 17.7 Å². The van der Waals surface area contributed by atoms with Crippen molar-refractivity contribution in [3.8, 4) is 0 Å². The zero-order valence-corrected chi connectivity index (χ0v) is 15.0. The zero-order chi connectivity index (χ0) is 17.1. The number of rotatable bonds is 4. The van der Waals surface area contributed by atoms with Crippen LogP contribution in [0.15, 0.2) is 6.20 Å². The molecule has 1 N–H and O–H groups in total. The van der Waals surface area contributed by atoms with Crippen molar-refractivity contribution in [1.82, 2.24) is 24.7 Å². The Morgan fingerprint density at radius 2 is 2.08 bits per heavy atom. The molecule has 7 heteroatoms. The van der Waals surface area contributed by atoms with E-state index >= 15 is 0 Å².